The van der Waals surface area contributed by atoms with E-state index in [9.17, 15) is 28.6 Å². The molecule has 0 aliphatic heterocycles. The van der Waals surface area contributed by atoms with Crippen molar-refractivity contribution in [1.29, 1.82) is 0 Å². The van der Waals surface area contributed by atoms with Gasteiger partial charge in [0, 0.05) is 33.2 Å². The summed E-state index contributed by atoms with van der Waals surface area (Å²) in [5.74, 6) is 0. The van der Waals surface area contributed by atoms with E-state index in [-0.39, 0.29) is 30.9 Å². The van der Waals surface area contributed by atoms with E-state index >= 15 is 0 Å². The van der Waals surface area contributed by atoms with Crippen molar-refractivity contribution in [3.63, 3.8) is 0 Å². The molecule has 0 bridgehead atoms. The van der Waals surface area contributed by atoms with E-state index < -0.39 is 19.9 Å². The van der Waals surface area contributed by atoms with Gasteiger partial charge in [0.1, 0.15) is 0 Å². The van der Waals surface area contributed by atoms with Crippen LogP contribution in [0.1, 0.15) is 0 Å². The van der Waals surface area contributed by atoms with Gasteiger partial charge < -0.3 is 0 Å². The van der Waals surface area contributed by atoms with Crippen LogP contribution in [0.25, 0.3) is 0 Å². The first-order valence-electron chi connectivity index (χ1n) is 6.02. The molecule has 126 valence electrons. The number of nitrogens with one attached hydrogen (secondary N) is 1. The zero-order valence-electron chi connectivity index (χ0n) is 11.5. The molecule has 24 heavy (non-hydrogen) atoms. The summed E-state index contributed by atoms with van der Waals surface area (Å²) in [4.78, 5) is 19.9. The Morgan fingerprint density at radius 1 is 0.875 bits per heavy atom. The number of non-ortho nitro benzene ring substituents is 2. The zero-order valence-corrected chi connectivity index (χ0v) is 15.5. The molecule has 0 amide bonds. The molecule has 0 spiro atoms. The van der Waals surface area contributed by atoms with E-state index in [0.29, 0.717) is 0 Å². The number of anilines is 1. The highest BCUT2D eigenvalue weighted by atomic mass is 79.9. The summed E-state index contributed by atoms with van der Waals surface area (Å²) in [6.07, 6.45) is 0. The minimum absolute atomic E-state index is 0.0685. The van der Waals surface area contributed by atoms with Gasteiger partial charge in [-0.25, -0.2) is 8.42 Å². The summed E-state index contributed by atoms with van der Waals surface area (Å²) in [6, 6.07) is 6.61. The highest BCUT2D eigenvalue weighted by Gasteiger charge is 2.21. The van der Waals surface area contributed by atoms with Crippen LogP contribution in [0.5, 0.6) is 0 Å². The summed E-state index contributed by atoms with van der Waals surface area (Å²) in [5, 5.41) is 21.4. The third-order valence-corrected chi connectivity index (χ3v) is 5.45. The lowest BCUT2D eigenvalue weighted by Gasteiger charge is -2.11. The van der Waals surface area contributed by atoms with Gasteiger partial charge in [-0.1, -0.05) is 0 Å². The van der Waals surface area contributed by atoms with Crippen LogP contribution < -0.4 is 4.72 Å². The summed E-state index contributed by atoms with van der Waals surface area (Å²) in [5.41, 5.74) is -0.405. The molecular weight excluding hydrogens is 474 g/mol. The van der Waals surface area contributed by atoms with E-state index in [1.807, 2.05) is 0 Å². The number of halogens is 2. The Labute approximate surface area is 152 Å². The molecule has 0 fully saturated rings. The standard InChI is InChI=1S/C12H7Br2N3O6S/c13-10-5-8(17(20)21)6-11(14)12(10)15-24(22,23)9-3-1-7(2-4-9)16(18)19/h1-6,15H. The molecule has 2 rings (SSSR count). The van der Waals surface area contributed by atoms with Crippen molar-refractivity contribution in [3.05, 3.63) is 65.6 Å². The lowest BCUT2D eigenvalue weighted by molar-refractivity contribution is -0.385. The molecule has 2 aromatic rings. The molecule has 0 saturated carbocycles. The maximum absolute atomic E-state index is 12.3. The SMILES string of the molecule is O=[N+]([O-])c1ccc(S(=O)(=O)Nc2c(Br)cc([N+](=O)[O-])cc2Br)cc1. The van der Waals surface area contributed by atoms with Gasteiger partial charge in [0.05, 0.1) is 20.4 Å². The zero-order chi connectivity index (χ0) is 18.1. The fraction of sp³-hybridized carbons (Fsp3) is 0. The van der Waals surface area contributed by atoms with Gasteiger partial charge in [-0.15, -0.1) is 0 Å². The molecule has 1 N–H and O–H groups in total. The maximum atomic E-state index is 12.3. The van der Waals surface area contributed by atoms with Crippen LogP contribution in [0.4, 0.5) is 17.1 Å². The molecular formula is C12H7Br2N3O6S. The number of nitrogens with zero attached hydrogens (tertiary/aromatic N) is 2. The monoisotopic (exact) mass is 479 g/mol. The topological polar surface area (TPSA) is 132 Å². The predicted octanol–water partition coefficient (Wildman–Crippen LogP) is 3.83. The second-order valence-corrected chi connectivity index (χ2v) is 7.79. The normalized spacial score (nSPS) is 11.1. The van der Waals surface area contributed by atoms with E-state index in [0.717, 1.165) is 36.4 Å². The largest absolute Gasteiger partial charge is 0.277 e. The van der Waals surface area contributed by atoms with Crippen LogP contribution >= 0.6 is 31.9 Å². The average molecular weight is 481 g/mol. The van der Waals surface area contributed by atoms with Crippen molar-refractivity contribution in [3.8, 4) is 0 Å². The fourth-order valence-electron chi connectivity index (χ4n) is 1.70. The molecule has 9 nitrogen and oxygen atoms in total. The summed E-state index contributed by atoms with van der Waals surface area (Å²) in [6.45, 7) is 0. The van der Waals surface area contributed by atoms with Gasteiger partial charge >= 0.3 is 0 Å². The Kier molecular flexibility index (Phi) is 5.20. The fourth-order valence-corrected chi connectivity index (χ4v) is 4.43. The van der Waals surface area contributed by atoms with Crippen LogP contribution in [-0.2, 0) is 10.0 Å². The molecule has 12 heteroatoms. The lowest BCUT2D eigenvalue weighted by Crippen LogP contribution is -2.14. The van der Waals surface area contributed by atoms with Gasteiger partial charge in [-0.3, -0.25) is 25.0 Å². The number of sulfonamides is 1. The third kappa shape index (κ3) is 3.88. The first-order chi connectivity index (χ1) is 11.1. The number of hydrogen-bond donors (Lipinski definition) is 1. The number of benzene rings is 2. The van der Waals surface area contributed by atoms with E-state index in [1.165, 1.54) is 0 Å². The first kappa shape index (κ1) is 18.3. The lowest BCUT2D eigenvalue weighted by atomic mass is 10.3. The van der Waals surface area contributed by atoms with Crippen molar-refractivity contribution >= 4 is 58.9 Å². The van der Waals surface area contributed by atoms with Crippen molar-refractivity contribution in [2.45, 2.75) is 4.90 Å². The molecule has 0 atom stereocenters. The van der Waals surface area contributed by atoms with Crippen molar-refractivity contribution in [2.75, 3.05) is 4.72 Å². The minimum Gasteiger partial charge on any atom is -0.277 e. The number of nitro benzene ring substituents is 2. The van der Waals surface area contributed by atoms with E-state index in [4.69, 9.17) is 0 Å². The van der Waals surface area contributed by atoms with Crippen LogP contribution in [0, 0.1) is 20.2 Å². The van der Waals surface area contributed by atoms with Crippen molar-refractivity contribution < 1.29 is 18.3 Å². The highest BCUT2D eigenvalue weighted by molar-refractivity contribution is 9.11. The van der Waals surface area contributed by atoms with E-state index in [2.05, 4.69) is 36.6 Å². The summed E-state index contributed by atoms with van der Waals surface area (Å²) >= 11 is 6.14. The Balaban J connectivity index is 2.39. The van der Waals surface area contributed by atoms with Crippen LogP contribution in [0.3, 0.4) is 0 Å². The van der Waals surface area contributed by atoms with E-state index in [1.54, 1.807) is 0 Å². The van der Waals surface area contributed by atoms with Gasteiger partial charge in [0.2, 0.25) is 0 Å². The predicted molar refractivity (Wildman–Crippen MR) is 92.4 cm³/mol. The molecule has 0 aliphatic rings. The smallest absolute Gasteiger partial charge is 0.271 e. The van der Waals surface area contributed by atoms with Crippen LogP contribution in [0.2, 0.25) is 0 Å². The van der Waals surface area contributed by atoms with Crippen molar-refractivity contribution in [1.82, 2.24) is 0 Å². The molecule has 0 saturated heterocycles. The average Bonchev–Trinajstić information content (AvgIpc) is 2.50. The second kappa shape index (κ2) is 6.83. The van der Waals surface area contributed by atoms with Gasteiger partial charge in [0.15, 0.2) is 0 Å². The quantitative estimate of drug-likeness (QED) is 0.510. The Morgan fingerprint density at radius 2 is 1.33 bits per heavy atom. The molecule has 0 radical (unpaired) electrons. The molecule has 0 aromatic heterocycles. The minimum atomic E-state index is -4.04. The maximum Gasteiger partial charge on any atom is 0.271 e. The molecule has 0 aliphatic carbocycles. The second-order valence-electron chi connectivity index (χ2n) is 4.40. The number of nitro groups is 2. The van der Waals surface area contributed by atoms with Gasteiger partial charge in [-0.05, 0) is 44.0 Å². The van der Waals surface area contributed by atoms with Crippen LogP contribution in [-0.4, -0.2) is 18.3 Å². The van der Waals surface area contributed by atoms with Gasteiger partial charge in [-0.2, -0.15) is 0 Å². The Hall–Kier alpha value is -2.05. The highest BCUT2D eigenvalue weighted by Crippen LogP contribution is 2.36. The summed E-state index contributed by atoms with van der Waals surface area (Å²) < 4.78 is 27.3. The molecule has 0 unspecified atom stereocenters. The first-order valence-corrected chi connectivity index (χ1v) is 9.09. The molecule has 2 aromatic carbocycles. The van der Waals surface area contributed by atoms with Crippen molar-refractivity contribution in [2.24, 2.45) is 0 Å². The molecule has 0 heterocycles. The number of rotatable bonds is 5. The summed E-state index contributed by atoms with van der Waals surface area (Å²) in [7, 11) is -4.04. The Bertz CT molecular complexity index is 907. The van der Waals surface area contributed by atoms with Crippen LogP contribution in [0.15, 0.2) is 50.2 Å². The third-order valence-electron chi connectivity index (χ3n) is 2.83. The number of hydrogen-bond acceptors (Lipinski definition) is 6. The van der Waals surface area contributed by atoms with Gasteiger partial charge in [0.25, 0.3) is 21.4 Å². The Morgan fingerprint density at radius 3 is 1.75 bits per heavy atom.